The molecule has 32 heavy (non-hydrogen) atoms. The van der Waals surface area contributed by atoms with E-state index in [1.165, 1.54) is 20.9 Å². The van der Waals surface area contributed by atoms with Crippen LogP contribution in [0.5, 0.6) is 0 Å². The Morgan fingerprint density at radius 3 is 1.72 bits per heavy atom. The Labute approximate surface area is 198 Å². The molecule has 4 heteroatoms. The van der Waals surface area contributed by atoms with Gasteiger partial charge in [0.25, 0.3) is 0 Å². The summed E-state index contributed by atoms with van der Waals surface area (Å²) in [7, 11) is 0. The van der Waals surface area contributed by atoms with E-state index in [1.807, 2.05) is 18.5 Å². The molecule has 0 aliphatic rings. The van der Waals surface area contributed by atoms with Gasteiger partial charge in [0, 0.05) is 28.1 Å². The van der Waals surface area contributed by atoms with Gasteiger partial charge in [-0.1, -0.05) is 48.6 Å². The molecule has 0 bridgehead atoms. The first kappa shape index (κ1) is 22.1. The molecule has 0 aliphatic heterocycles. The fourth-order valence-corrected chi connectivity index (χ4v) is 4.06. The van der Waals surface area contributed by atoms with E-state index in [4.69, 9.17) is 0 Å². The first-order valence-electron chi connectivity index (χ1n) is 10.4. The fourth-order valence-electron chi connectivity index (χ4n) is 3.25. The number of hydrogen-bond acceptors (Lipinski definition) is 3. The normalized spacial score (nSPS) is 11.4. The summed E-state index contributed by atoms with van der Waals surface area (Å²) >= 11 is 3.51. The highest BCUT2D eigenvalue weighted by atomic mass is 32.2. The predicted molar refractivity (Wildman–Crippen MR) is 141 cm³/mol. The van der Waals surface area contributed by atoms with E-state index in [2.05, 4.69) is 114 Å². The van der Waals surface area contributed by atoms with Crippen LogP contribution in [0.1, 0.15) is 22.3 Å². The van der Waals surface area contributed by atoms with Gasteiger partial charge < -0.3 is 0 Å². The monoisotopic (exact) mass is 453 g/mol. The summed E-state index contributed by atoms with van der Waals surface area (Å²) in [5.74, 6) is 0. The second kappa shape index (κ2) is 11.0. The van der Waals surface area contributed by atoms with Gasteiger partial charge in [-0.3, -0.25) is 0 Å². The summed E-state index contributed by atoms with van der Waals surface area (Å²) in [5.41, 5.74) is 6.53. The minimum Gasteiger partial charge on any atom is -0.250 e. The van der Waals surface area contributed by atoms with E-state index in [0.29, 0.717) is 0 Å². The zero-order chi connectivity index (χ0) is 22.2. The Morgan fingerprint density at radius 2 is 1.16 bits per heavy atom. The Kier molecular flexibility index (Phi) is 7.59. The minimum atomic E-state index is 0.921. The number of hydrogen-bond donors (Lipinski definition) is 0. The molecular weight excluding hydrogens is 428 g/mol. The fraction of sp³-hybridized carbons (Fsp3) is 0.0714. The van der Waals surface area contributed by atoms with Gasteiger partial charge in [0.15, 0.2) is 6.20 Å². The molecule has 0 radical (unpaired) electrons. The molecule has 0 spiro atoms. The van der Waals surface area contributed by atoms with Crippen LogP contribution in [0.2, 0.25) is 0 Å². The van der Waals surface area contributed by atoms with Gasteiger partial charge in [-0.05, 0) is 71.2 Å². The number of nitrogens with one attached hydrogen (secondary N) is 1. The first-order valence-corrected chi connectivity index (χ1v) is 12.8. The van der Waals surface area contributed by atoms with Crippen LogP contribution in [0.25, 0.3) is 35.7 Å². The number of nitrogens with zero attached hydrogens (tertiary/aromatic N) is 1. The third kappa shape index (κ3) is 6.00. The molecule has 2 heterocycles. The van der Waals surface area contributed by atoms with Gasteiger partial charge in [0.1, 0.15) is 5.69 Å². The maximum Gasteiger partial charge on any atom is 0.230 e. The van der Waals surface area contributed by atoms with Crippen molar-refractivity contribution in [3.05, 3.63) is 107 Å². The Morgan fingerprint density at radius 1 is 0.625 bits per heavy atom. The van der Waals surface area contributed by atoms with Gasteiger partial charge in [-0.15, -0.1) is 23.5 Å². The molecule has 4 aromatic rings. The summed E-state index contributed by atoms with van der Waals surface area (Å²) in [6.07, 6.45) is 16.5. The lowest BCUT2D eigenvalue weighted by molar-refractivity contribution is -0.364. The largest absolute Gasteiger partial charge is 0.250 e. The van der Waals surface area contributed by atoms with Crippen molar-refractivity contribution in [2.24, 2.45) is 0 Å². The highest BCUT2D eigenvalue weighted by molar-refractivity contribution is 7.98. The predicted octanol–water partition coefficient (Wildman–Crippen LogP) is 7.35. The Bertz CT molecular complexity index is 1130. The second-order valence-corrected chi connectivity index (χ2v) is 8.98. The quantitative estimate of drug-likeness (QED) is 0.274. The van der Waals surface area contributed by atoms with Crippen molar-refractivity contribution < 1.29 is 4.98 Å². The maximum atomic E-state index is 4.57. The van der Waals surface area contributed by atoms with E-state index < -0.39 is 0 Å². The van der Waals surface area contributed by atoms with Gasteiger partial charge in [-0.25, -0.2) is 9.97 Å². The molecule has 0 amide bonds. The number of thioether (sulfide) groups is 2. The number of aromatic amines is 1. The number of rotatable bonds is 7. The second-order valence-electron chi connectivity index (χ2n) is 7.22. The van der Waals surface area contributed by atoms with Crippen molar-refractivity contribution in [1.82, 2.24) is 4.98 Å². The lowest BCUT2D eigenvalue weighted by Gasteiger charge is -2.00. The van der Waals surface area contributed by atoms with Crippen molar-refractivity contribution >= 4 is 47.8 Å². The topological polar surface area (TPSA) is 27.0 Å². The van der Waals surface area contributed by atoms with Crippen LogP contribution in [0, 0.1) is 0 Å². The van der Waals surface area contributed by atoms with Crippen LogP contribution in [-0.4, -0.2) is 17.5 Å². The standard InChI is InChI=1S/C28H24N2S2/c1-31-25-11-7-21(8-12-25)3-5-23-15-17-29-27(19-23)28-20-24(16-18-30-28)6-4-22-9-13-26(32-2)14-10-22/h3-20H,1-2H3/p+1/b5-3+,6-4+. The molecule has 2 aromatic carbocycles. The van der Waals surface area contributed by atoms with E-state index in [1.54, 1.807) is 23.5 Å². The van der Waals surface area contributed by atoms with Gasteiger partial charge in [0.2, 0.25) is 5.69 Å². The van der Waals surface area contributed by atoms with Crippen molar-refractivity contribution in [3.8, 4) is 11.4 Å². The molecule has 0 atom stereocenters. The van der Waals surface area contributed by atoms with Gasteiger partial charge >= 0.3 is 0 Å². The van der Waals surface area contributed by atoms with Gasteiger partial charge in [-0.2, -0.15) is 0 Å². The molecule has 2 aromatic heterocycles. The summed E-state index contributed by atoms with van der Waals surface area (Å²) in [4.78, 5) is 10.4. The van der Waals surface area contributed by atoms with Crippen LogP contribution >= 0.6 is 23.5 Å². The highest BCUT2D eigenvalue weighted by Crippen LogP contribution is 2.20. The molecule has 0 saturated carbocycles. The van der Waals surface area contributed by atoms with Crippen LogP contribution in [0.15, 0.2) is 95.0 Å². The average molecular weight is 454 g/mol. The van der Waals surface area contributed by atoms with E-state index in [9.17, 15) is 0 Å². The van der Waals surface area contributed by atoms with E-state index in [-0.39, 0.29) is 0 Å². The SMILES string of the molecule is CSc1ccc(/C=C/c2ccnc(-c3cc(/C=C/c4ccc(SC)cc4)cc[nH+]3)c2)cc1. The number of pyridine rings is 2. The molecule has 4 rings (SSSR count). The van der Waals surface area contributed by atoms with Crippen molar-refractivity contribution in [2.75, 3.05) is 12.5 Å². The zero-order valence-electron chi connectivity index (χ0n) is 18.2. The minimum absolute atomic E-state index is 0.921. The molecule has 0 aliphatic carbocycles. The van der Waals surface area contributed by atoms with Gasteiger partial charge in [0.05, 0.1) is 0 Å². The van der Waals surface area contributed by atoms with Crippen LogP contribution in [0.4, 0.5) is 0 Å². The molecule has 158 valence electrons. The molecule has 2 nitrogen and oxygen atoms in total. The lowest BCUT2D eigenvalue weighted by Crippen LogP contribution is -2.06. The number of aromatic nitrogens is 2. The van der Waals surface area contributed by atoms with E-state index in [0.717, 1.165) is 22.5 Å². The summed E-state index contributed by atoms with van der Waals surface area (Å²) in [6.45, 7) is 0. The number of H-pyrrole nitrogens is 1. The molecule has 0 unspecified atom stereocenters. The van der Waals surface area contributed by atoms with Crippen LogP contribution in [0.3, 0.4) is 0 Å². The van der Waals surface area contributed by atoms with Crippen molar-refractivity contribution in [3.63, 3.8) is 0 Å². The lowest BCUT2D eigenvalue weighted by atomic mass is 10.1. The third-order valence-corrected chi connectivity index (χ3v) is 6.54. The third-order valence-electron chi connectivity index (χ3n) is 5.05. The van der Waals surface area contributed by atoms with Crippen molar-refractivity contribution in [1.29, 1.82) is 0 Å². The Hall–Kier alpha value is -3.08. The molecular formula is C28H25N2S2+. The summed E-state index contributed by atoms with van der Waals surface area (Å²) in [5, 5.41) is 0. The van der Waals surface area contributed by atoms with Crippen LogP contribution in [-0.2, 0) is 0 Å². The zero-order valence-corrected chi connectivity index (χ0v) is 19.8. The molecule has 0 fully saturated rings. The van der Waals surface area contributed by atoms with Crippen LogP contribution < -0.4 is 4.98 Å². The van der Waals surface area contributed by atoms with Crippen molar-refractivity contribution in [2.45, 2.75) is 9.79 Å². The van der Waals surface area contributed by atoms with E-state index >= 15 is 0 Å². The number of benzene rings is 2. The molecule has 1 N–H and O–H groups in total. The Balaban J connectivity index is 1.51. The first-order chi connectivity index (χ1) is 15.7. The highest BCUT2D eigenvalue weighted by Gasteiger charge is 2.07. The maximum absolute atomic E-state index is 4.57. The molecule has 0 saturated heterocycles. The smallest absolute Gasteiger partial charge is 0.230 e. The summed E-state index contributed by atoms with van der Waals surface area (Å²) < 4.78 is 0. The average Bonchev–Trinajstić information content (AvgIpc) is 2.87. The summed E-state index contributed by atoms with van der Waals surface area (Å²) in [6, 6.07) is 25.5.